The summed E-state index contributed by atoms with van der Waals surface area (Å²) in [6, 6.07) is 2.30. The second kappa shape index (κ2) is 8.52. The average molecular weight is 384 g/mol. The van der Waals surface area contributed by atoms with Gasteiger partial charge in [-0.1, -0.05) is 16.8 Å². The molecule has 0 fully saturated rings. The highest BCUT2D eigenvalue weighted by Gasteiger charge is 2.17. The van der Waals surface area contributed by atoms with Gasteiger partial charge in [-0.15, -0.1) is 0 Å². The van der Waals surface area contributed by atoms with Crippen molar-refractivity contribution in [3.8, 4) is 22.9 Å². The largest absolute Gasteiger partial charge is 0.493 e. The number of hydrogen-bond acceptors (Lipinski definition) is 7. The third-order valence-corrected chi connectivity index (χ3v) is 3.75. The van der Waals surface area contributed by atoms with Gasteiger partial charge in [0.1, 0.15) is 6.04 Å². The molecular weight excluding hydrogens is 366 g/mol. The minimum atomic E-state index is -1.11. The predicted molar refractivity (Wildman–Crippen MR) is 91.4 cm³/mol. The van der Waals surface area contributed by atoms with E-state index in [9.17, 15) is 9.59 Å². The van der Waals surface area contributed by atoms with Crippen molar-refractivity contribution in [2.45, 2.75) is 25.8 Å². The van der Waals surface area contributed by atoms with Crippen molar-refractivity contribution < 1.29 is 28.7 Å². The lowest BCUT2D eigenvalue weighted by Gasteiger charge is -2.10. The Hall–Kier alpha value is -2.81. The second-order valence-corrected chi connectivity index (χ2v) is 5.74. The zero-order valence-electron chi connectivity index (χ0n) is 14.4. The molecule has 0 bridgehead atoms. The number of ether oxygens (including phenoxy) is 2. The van der Waals surface area contributed by atoms with Gasteiger partial charge in [-0.05, 0) is 19.1 Å². The summed E-state index contributed by atoms with van der Waals surface area (Å²) in [7, 11) is 2.96. The number of nitrogens with zero attached hydrogens (tertiary/aromatic N) is 2. The summed E-state index contributed by atoms with van der Waals surface area (Å²) < 4.78 is 15.5. The van der Waals surface area contributed by atoms with Crippen LogP contribution in [0.25, 0.3) is 11.4 Å². The van der Waals surface area contributed by atoms with E-state index in [4.69, 9.17) is 30.7 Å². The maximum Gasteiger partial charge on any atom is 0.325 e. The molecule has 1 aromatic heterocycles. The zero-order chi connectivity index (χ0) is 19.3. The second-order valence-electron chi connectivity index (χ2n) is 5.33. The van der Waals surface area contributed by atoms with Gasteiger partial charge in [-0.25, -0.2) is 0 Å². The minimum Gasteiger partial charge on any atom is -0.493 e. The van der Waals surface area contributed by atoms with E-state index >= 15 is 0 Å². The van der Waals surface area contributed by atoms with Crippen LogP contribution >= 0.6 is 11.6 Å². The normalized spacial score (nSPS) is 11.7. The lowest BCUT2D eigenvalue weighted by atomic mass is 10.2. The molecule has 2 N–H and O–H groups in total. The first-order valence-electron chi connectivity index (χ1n) is 7.62. The molecule has 26 heavy (non-hydrogen) atoms. The molecule has 0 saturated carbocycles. The Balaban J connectivity index is 2.07. The molecule has 0 radical (unpaired) electrons. The molecule has 1 heterocycles. The van der Waals surface area contributed by atoms with Crippen LogP contribution in [0, 0.1) is 0 Å². The number of carboxylic acid groups (broad SMARTS) is 1. The molecule has 0 saturated heterocycles. The Morgan fingerprint density at radius 2 is 2.08 bits per heavy atom. The SMILES string of the molecule is COc1cc(-c2noc(CCC(=O)N[C@H](C)C(=O)O)n2)cc(Cl)c1OC. The molecule has 2 aromatic rings. The number of amides is 1. The summed E-state index contributed by atoms with van der Waals surface area (Å²) >= 11 is 6.15. The minimum absolute atomic E-state index is 0.0198. The molecule has 0 aliphatic rings. The number of aromatic nitrogens is 2. The van der Waals surface area contributed by atoms with E-state index in [1.54, 1.807) is 12.1 Å². The van der Waals surface area contributed by atoms with Gasteiger partial charge in [-0.2, -0.15) is 4.98 Å². The molecule has 0 spiro atoms. The van der Waals surface area contributed by atoms with Gasteiger partial charge in [0.25, 0.3) is 0 Å². The topological polar surface area (TPSA) is 124 Å². The van der Waals surface area contributed by atoms with Gasteiger partial charge in [0.2, 0.25) is 17.6 Å². The van der Waals surface area contributed by atoms with E-state index < -0.39 is 17.9 Å². The monoisotopic (exact) mass is 383 g/mol. The Bertz CT molecular complexity index is 807. The van der Waals surface area contributed by atoms with Crippen molar-refractivity contribution in [3.05, 3.63) is 23.0 Å². The number of hydrogen-bond donors (Lipinski definition) is 2. The standard InChI is InChI=1S/C16H18ClN3O6/c1-8(16(22)23)18-12(21)4-5-13-19-15(20-26-13)9-6-10(17)14(25-3)11(7-9)24-2/h6-8H,4-5H2,1-3H3,(H,18,21)(H,22,23)/t8-/m1/s1. The highest BCUT2D eigenvalue weighted by molar-refractivity contribution is 6.32. The quantitative estimate of drug-likeness (QED) is 0.708. The van der Waals surface area contributed by atoms with E-state index in [0.29, 0.717) is 22.1 Å². The van der Waals surface area contributed by atoms with Crippen molar-refractivity contribution in [1.29, 1.82) is 0 Å². The van der Waals surface area contributed by atoms with Crippen LogP contribution in [0.5, 0.6) is 11.5 Å². The lowest BCUT2D eigenvalue weighted by Crippen LogP contribution is -2.38. The maximum absolute atomic E-state index is 11.7. The summed E-state index contributed by atoms with van der Waals surface area (Å²) in [6.07, 6.45) is 0.193. The number of nitrogens with one attached hydrogen (secondary N) is 1. The third kappa shape index (κ3) is 4.63. The summed E-state index contributed by atoms with van der Waals surface area (Å²) in [4.78, 5) is 26.6. The molecule has 10 heteroatoms. The van der Waals surface area contributed by atoms with Gasteiger partial charge < -0.3 is 24.4 Å². The number of halogens is 1. The molecule has 9 nitrogen and oxygen atoms in total. The number of aryl methyl sites for hydroxylation is 1. The fourth-order valence-corrected chi connectivity index (χ4v) is 2.40. The smallest absolute Gasteiger partial charge is 0.325 e. The van der Waals surface area contributed by atoms with Crippen LogP contribution in [0.2, 0.25) is 5.02 Å². The summed E-state index contributed by atoms with van der Waals surface area (Å²) in [5.74, 6) is -0.196. The van der Waals surface area contributed by atoms with Crippen molar-refractivity contribution >= 4 is 23.5 Å². The van der Waals surface area contributed by atoms with Crippen molar-refractivity contribution in [2.75, 3.05) is 14.2 Å². The van der Waals surface area contributed by atoms with E-state index in [1.165, 1.54) is 21.1 Å². The molecular formula is C16H18ClN3O6. The first-order valence-corrected chi connectivity index (χ1v) is 8.00. The molecule has 0 unspecified atom stereocenters. The molecule has 1 aromatic carbocycles. The molecule has 140 valence electrons. The van der Waals surface area contributed by atoms with Crippen LogP contribution in [0.3, 0.4) is 0 Å². The Kier molecular flexibility index (Phi) is 6.40. The van der Waals surface area contributed by atoms with Crippen LogP contribution in [0.15, 0.2) is 16.7 Å². The number of carboxylic acids is 1. The molecule has 2 rings (SSSR count). The summed E-state index contributed by atoms with van der Waals surface area (Å²) in [5.41, 5.74) is 0.562. The van der Waals surface area contributed by atoms with Crippen molar-refractivity contribution in [2.24, 2.45) is 0 Å². The molecule has 1 atom stereocenters. The maximum atomic E-state index is 11.7. The molecule has 1 amide bonds. The average Bonchev–Trinajstić information content (AvgIpc) is 3.08. The van der Waals surface area contributed by atoms with Gasteiger partial charge in [0.15, 0.2) is 11.5 Å². The Morgan fingerprint density at radius 1 is 1.35 bits per heavy atom. The Morgan fingerprint density at radius 3 is 2.69 bits per heavy atom. The van der Waals surface area contributed by atoms with Gasteiger partial charge >= 0.3 is 5.97 Å². The first kappa shape index (κ1) is 19.5. The number of carbonyl (C=O) groups is 2. The lowest BCUT2D eigenvalue weighted by molar-refractivity contribution is -0.141. The first-order chi connectivity index (χ1) is 12.3. The fraction of sp³-hybridized carbons (Fsp3) is 0.375. The number of rotatable bonds is 8. The van der Waals surface area contributed by atoms with Crippen LogP contribution in [-0.2, 0) is 16.0 Å². The van der Waals surface area contributed by atoms with Gasteiger partial charge in [0.05, 0.1) is 19.2 Å². The van der Waals surface area contributed by atoms with Crippen LogP contribution in [0.4, 0.5) is 0 Å². The van der Waals surface area contributed by atoms with Crippen LogP contribution in [0.1, 0.15) is 19.2 Å². The van der Waals surface area contributed by atoms with Gasteiger partial charge in [0, 0.05) is 18.4 Å². The zero-order valence-corrected chi connectivity index (χ0v) is 15.2. The number of methoxy groups -OCH3 is 2. The molecule has 0 aliphatic carbocycles. The van der Waals surface area contributed by atoms with E-state index in [-0.39, 0.29) is 24.6 Å². The number of aliphatic carboxylic acids is 1. The van der Waals surface area contributed by atoms with Crippen molar-refractivity contribution in [3.63, 3.8) is 0 Å². The number of carbonyl (C=O) groups excluding carboxylic acids is 1. The highest BCUT2D eigenvalue weighted by atomic mass is 35.5. The predicted octanol–water partition coefficient (Wildman–Crippen LogP) is 1.93. The van der Waals surface area contributed by atoms with Crippen molar-refractivity contribution in [1.82, 2.24) is 15.5 Å². The van der Waals surface area contributed by atoms with E-state index in [2.05, 4.69) is 15.5 Å². The summed E-state index contributed by atoms with van der Waals surface area (Å²) in [6.45, 7) is 1.38. The third-order valence-electron chi connectivity index (χ3n) is 3.47. The fourth-order valence-electron chi connectivity index (χ4n) is 2.12. The van der Waals surface area contributed by atoms with Crippen LogP contribution < -0.4 is 14.8 Å². The molecule has 0 aliphatic heterocycles. The highest BCUT2D eigenvalue weighted by Crippen LogP contribution is 2.38. The summed E-state index contributed by atoms with van der Waals surface area (Å²) in [5, 5.41) is 15.3. The van der Waals surface area contributed by atoms with E-state index in [1.807, 2.05) is 0 Å². The number of benzene rings is 1. The van der Waals surface area contributed by atoms with E-state index in [0.717, 1.165) is 0 Å². The van der Waals surface area contributed by atoms with Gasteiger partial charge in [-0.3, -0.25) is 9.59 Å². The Labute approximate surface area is 154 Å². The van der Waals surface area contributed by atoms with Crippen LogP contribution in [-0.4, -0.2) is 47.4 Å².